The lowest BCUT2D eigenvalue weighted by Gasteiger charge is -2.32. The zero-order valence-electron chi connectivity index (χ0n) is 34.8. The van der Waals surface area contributed by atoms with Gasteiger partial charge in [0.25, 0.3) is 0 Å². The number of amides is 4. The molecule has 4 N–H and O–H groups in total. The number of allylic oxidation sites excluding steroid dienone is 2. The SMILES string of the molecule is CCCCOC1C2=CCC[C@@H]1C(=O)NCCN(CCOCCOCCOC)CCNC(=O)[C@@H]1CCC=C(C(=O)NCCN(CCBr)CCNC2=O)C1OCCCC. The molecule has 0 aromatic heterocycles. The second kappa shape index (κ2) is 29.7. The van der Waals surface area contributed by atoms with Crippen molar-refractivity contribution in [3.05, 3.63) is 23.3 Å². The minimum atomic E-state index is -0.640. The zero-order valence-corrected chi connectivity index (χ0v) is 36.4. The quantitative estimate of drug-likeness (QED) is 0.111. The highest BCUT2D eigenvalue weighted by molar-refractivity contribution is 9.09. The zero-order chi connectivity index (χ0) is 41.1. The summed E-state index contributed by atoms with van der Waals surface area (Å²) in [4.78, 5) is 59.1. The van der Waals surface area contributed by atoms with Gasteiger partial charge in [0.2, 0.25) is 23.6 Å². The molecule has 4 bridgehead atoms. The van der Waals surface area contributed by atoms with Crippen LogP contribution in [0.4, 0.5) is 0 Å². The monoisotopic (exact) mass is 870 g/mol. The number of carbonyl (C=O) groups excluding carboxylic acids is 4. The fourth-order valence-corrected chi connectivity index (χ4v) is 7.65. The Hall–Kier alpha value is -2.44. The van der Waals surface area contributed by atoms with Gasteiger partial charge in [-0.1, -0.05) is 54.8 Å². The number of methoxy groups -OCH3 is 1. The molecule has 0 spiro atoms. The van der Waals surface area contributed by atoms with E-state index in [1.54, 1.807) is 7.11 Å². The number of carbonyl (C=O) groups is 4. The van der Waals surface area contributed by atoms with Crippen molar-refractivity contribution in [2.45, 2.75) is 77.4 Å². The van der Waals surface area contributed by atoms with Crippen LogP contribution in [0.1, 0.15) is 65.2 Å². The third-order valence-corrected chi connectivity index (χ3v) is 10.8. The van der Waals surface area contributed by atoms with Crippen molar-refractivity contribution in [1.82, 2.24) is 31.1 Å². The number of nitrogens with zero attached hydrogens (tertiary/aromatic N) is 2. The Bertz CT molecular complexity index is 1180. The van der Waals surface area contributed by atoms with Gasteiger partial charge in [-0.2, -0.15) is 0 Å². The first-order chi connectivity index (χ1) is 27.8. The van der Waals surface area contributed by atoms with Crippen LogP contribution in [-0.2, 0) is 42.9 Å². The molecule has 3 rings (SSSR count). The lowest BCUT2D eigenvalue weighted by atomic mass is 9.84. The Morgan fingerprint density at radius 1 is 0.614 bits per heavy atom. The van der Waals surface area contributed by atoms with Gasteiger partial charge in [-0.25, -0.2) is 0 Å². The predicted molar refractivity (Wildman–Crippen MR) is 223 cm³/mol. The van der Waals surface area contributed by atoms with Crippen LogP contribution in [0.3, 0.4) is 0 Å². The van der Waals surface area contributed by atoms with Crippen molar-refractivity contribution < 1.29 is 42.9 Å². The number of alkyl halides is 1. The van der Waals surface area contributed by atoms with Gasteiger partial charge in [0.1, 0.15) is 0 Å². The van der Waals surface area contributed by atoms with E-state index < -0.39 is 24.0 Å². The number of halogens is 1. The highest BCUT2D eigenvalue weighted by atomic mass is 79.9. The molecule has 16 heteroatoms. The van der Waals surface area contributed by atoms with Crippen LogP contribution in [0, 0.1) is 11.8 Å². The second-order valence-electron chi connectivity index (χ2n) is 14.7. The molecule has 15 nitrogen and oxygen atoms in total. The molecular weight excluding hydrogens is 800 g/mol. The van der Waals surface area contributed by atoms with Crippen LogP contribution >= 0.6 is 15.9 Å². The summed E-state index contributed by atoms with van der Waals surface area (Å²) in [6.07, 6.45) is 8.44. The maximum absolute atomic E-state index is 13.8. The summed E-state index contributed by atoms with van der Waals surface area (Å²) in [5.41, 5.74) is 1.00. The van der Waals surface area contributed by atoms with E-state index >= 15 is 0 Å². The predicted octanol–water partition coefficient (Wildman–Crippen LogP) is 2.19. The molecule has 1 fully saturated rings. The van der Waals surface area contributed by atoms with Crippen LogP contribution in [0.5, 0.6) is 0 Å². The topological polar surface area (TPSA) is 169 Å². The van der Waals surface area contributed by atoms with E-state index in [0.29, 0.717) is 142 Å². The summed E-state index contributed by atoms with van der Waals surface area (Å²) in [5, 5.41) is 13.1. The van der Waals surface area contributed by atoms with E-state index in [1.807, 2.05) is 12.2 Å². The summed E-state index contributed by atoms with van der Waals surface area (Å²) in [7, 11) is 1.63. The smallest absolute Gasteiger partial charge is 0.249 e. The third kappa shape index (κ3) is 18.2. The maximum Gasteiger partial charge on any atom is 0.249 e. The molecule has 0 aromatic rings. The summed E-state index contributed by atoms with van der Waals surface area (Å²) in [6.45, 7) is 12.5. The Balaban J connectivity index is 1.79. The number of fused-ring (bicyclic) bond motifs is 4. The fourth-order valence-electron chi connectivity index (χ4n) is 7.15. The largest absolute Gasteiger partial charge is 0.382 e. The number of hydrogen-bond acceptors (Lipinski definition) is 11. The first-order valence-electron chi connectivity index (χ1n) is 21.2. The molecule has 1 aliphatic heterocycles. The van der Waals surface area contributed by atoms with Gasteiger partial charge >= 0.3 is 0 Å². The van der Waals surface area contributed by atoms with E-state index in [2.05, 4.69) is 60.8 Å². The van der Waals surface area contributed by atoms with Crippen LogP contribution in [0.15, 0.2) is 23.3 Å². The van der Waals surface area contributed by atoms with Crippen LogP contribution in [-0.4, -0.2) is 170 Å². The number of ether oxygens (including phenoxy) is 5. The normalized spacial score (nSPS) is 24.4. The summed E-state index contributed by atoms with van der Waals surface area (Å²) in [6, 6.07) is 0. The molecule has 0 radical (unpaired) electrons. The van der Waals surface area contributed by atoms with Crippen molar-refractivity contribution in [2.24, 2.45) is 11.8 Å². The van der Waals surface area contributed by atoms with Crippen LogP contribution in [0.25, 0.3) is 0 Å². The van der Waals surface area contributed by atoms with Gasteiger partial charge < -0.3 is 45.0 Å². The third-order valence-electron chi connectivity index (χ3n) is 10.5. The number of unbranched alkanes of at least 4 members (excludes halogenated alkanes) is 2. The van der Waals surface area contributed by atoms with Crippen LogP contribution in [0.2, 0.25) is 0 Å². The van der Waals surface area contributed by atoms with E-state index in [1.165, 1.54) is 0 Å². The molecule has 0 saturated carbocycles. The van der Waals surface area contributed by atoms with Crippen molar-refractivity contribution in [3.63, 3.8) is 0 Å². The van der Waals surface area contributed by atoms with Gasteiger partial charge in [-0.3, -0.25) is 29.0 Å². The Kier molecular flexibility index (Phi) is 25.5. The van der Waals surface area contributed by atoms with Gasteiger partial charge in [-0.05, 0) is 38.5 Å². The van der Waals surface area contributed by atoms with E-state index in [4.69, 9.17) is 23.7 Å². The average molecular weight is 872 g/mol. The summed E-state index contributed by atoms with van der Waals surface area (Å²) in [5.74, 6) is -1.71. The first-order valence-corrected chi connectivity index (χ1v) is 22.4. The van der Waals surface area contributed by atoms with Gasteiger partial charge in [-0.15, -0.1) is 0 Å². The highest BCUT2D eigenvalue weighted by Gasteiger charge is 2.38. The molecule has 0 aromatic carbocycles. The maximum atomic E-state index is 13.8. The van der Waals surface area contributed by atoms with E-state index in [-0.39, 0.29) is 23.6 Å². The molecular formula is C41H71BrN6O9. The average Bonchev–Trinajstić information content (AvgIpc) is 3.21. The number of rotatable bonds is 19. The highest BCUT2D eigenvalue weighted by Crippen LogP contribution is 2.30. The Morgan fingerprint density at radius 2 is 1.05 bits per heavy atom. The molecule has 1 heterocycles. The molecule has 3 aliphatic rings. The minimum absolute atomic E-state index is 0.136. The molecule has 2 unspecified atom stereocenters. The molecule has 1 saturated heterocycles. The van der Waals surface area contributed by atoms with Gasteiger partial charge in [0.05, 0.1) is 57.1 Å². The molecule has 326 valence electrons. The fraction of sp³-hybridized carbons (Fsp3) is 0.805. The summed E-state index contributed by atoms with van der Waals surface area (Å²) < 4.78 is 28.9. The van der Waals surface area contributed by atoms with Crippen molar-refractivity contribution in [1.29, 1.82) is 0 Å². The standard InChI is InChI=1S/C41H71BrN6O9/c1-4-6-25-56-36-32-10-8-12-34(36)40(51)45-17-22-48(24-27-54-30-31-55-29-28-53-3)23-18-46-41(52)35-13-9-11-33(37(35)57-26-7-5-2)39(50)44-16-21-47(19-14-42)20-15-43-38(32)49/h10-11,34-37H,4-9,12-31H2,1-3H3,(H,43,49)(H,44,50)(H,45,51)(H,46,52)/t34-,35+,36?,37?. The Morgan fingerprint density at radius 3 is 1.51 bits per heavy atom. The van der Waals surface area contributed by atoms with Crippen LogP contribution < -0.4 is 21.3 Å². The van der Waals surface area contributed by atoms with Gasteiger partial charge in [0, 0.05) is 102 Å². The minimum Gasteiger partial charge on any atom is -0.382 e. The van der Waals surface area contributed by atoms with Gasteiger partial charge in [0.15, 0.2) is 0 Å². The molecule has 4 atom stereocenters. The van der Waals surface area contributed by atoms with E-state index in [9.17, 15) is 19.2 Å². The second-order valence-corrected chi connectivity index (χ2v) is 15.5. The van der Waals surface area contributed by atoms with Crippen molar-refractivity contribution in [3.8, 4) is 0 Å². The molecule has 4 amide bonds. The lowest BCUT2D eigenvalue weighted by Crippen LogP contribution is -2.49. The Labute approximate surface area is 349 Å². The summed E-state index contributed by atoms with van der Waals surface area (Å²) >= 11 is 3.54. The van der Waals surface area contributed by atoms with Crippen molar-refractivity contribution in [2.75, 3.05) is 124 Å². The first kappa shape index (κ1) is 48.9. The number of hydrogen-bond donors (Lipinski definition) is 4. The van der Waals surface area contributed by atoms with E-state index in [0.717, 1.165) is 37.6 Å². The lowest BCUT2D eigenvalue weighted by molar-refractivity contribution is -0.132. The number of nitrogens with one attached hydrogen (secondary N) is 4. The molecule has 57 heavy (non-hydrogen) atoms. The molecule has 2 aliphatic carbocycles. The van der Waals surface area contributed by atoms with Crippen molar-refractivity contribution >= 4 is 39.6 Å².